The molecule has 0 radical (unpaired) electrons. The molecule has 0 aliphatic carbocycles. The summed E-state index contributed by atoms with van der Waals surface area (Å²) in [5, 5.41) is 0. The normalized spacial score (nSPS) is 19.2. The third-order valence-electron chi connectivity index (χ3n) is 3.32. The fourth-order valence-electron chi connectivity index (χ4n) is 2.30. The van der Waals surface area contributed by atoms with Crippen LogP contribution in [0.25, 0.3) is 0 Å². The van der Waals surface area contributed by atoms with E-state index in [9.17, 15) is 4.79 Å². The summed E-state index contributed by atoms with van der Waals surface area (Å²) >= 11 is 0. The zero-order valence-corrected chi connectivity index (χ0v) is 10.8. The van der Waals surface area contributed by atoms with E-state index in [4.69, 9.17) is 10.5 Å². The summed E-state index contributed by atoms with van der Waals surface area (Å²) in [4.78, 5) is 14.2. The van der Waals surface area contributed by atoms with Crippen molar-refractivity contribution >= 4 is 11.6 Å². The Balaban J connectivity index is 1.97. The zero-order chi connectivity index (χ0) is 13.0. The lowest BCUT2D eigenvalue weighted by Crippen LogP contribution is -2.29. The SMILES string of the molecule is CCOCC1CCN(C(=O)c2ccccc2N)C1. The number of ether oxygens (including phenoxy) is 1. The summed E-state index contributed by atoms with van der Waals surface area (Å²) in [6, 6.07) is 7.24. The van der Waals surface area contributed by atoms with Crippen LogP contribution in [0.1, 0.15) is 23.7 Å². The van der Waals surface area contributed by atoms with Crippen molar-refractivity contribution in [3.05, 3.63) is 29.8 Å². The Labute approximate surface area is 108 Å². The molecule has 2 N–H and O–H groups in total. The monoisotopic (exact) mass is 248 g/mol. The van der Waals surface area contributed by atoms with Gasteiger partial charge in [-0.05, 0) is 25.5 Å². The molecule has 0 saturated carbocycles. The molecular formula is C14H20N2O2. The molecule has 0 aromatic heterocycles. The summed E-state index contributed by atoms with van der Waals surface area (Å²) < 4.78 is 5.41. The molecule has 4 nitrogen and oxygen atoms in total. The lowest BCUT2D eigenvalue weighted by Gasteiger charge is -2.17. The van der Waals surface area contributed by atoms with E-state index >= 15 is 0 Å². The molecule has 4 heteroatoms. The number of nitrogens with two attached hydrogens (primary N) is 1. The smallest absolute Gasteiger partial charge is 0.255 e. The molecule has 2 rings (SSSR count). The molecular weight excluding hydrogens is 228 g/mol. The minimum Gasteiger partial charge on any atom is -0.398 e. The van der Waals surface area contributed by atoms with Gasteiger partial charge in [0.25, 0.3) is 5.91 Å². The van der Waals surface area contributed by atoms with Gasteiger partial charge in [0.2, 0.25) is 0 Å². The summed E-state index contributed by atoms with van der Waals surface area (Å²) in [6.07, 6.45) is 1.01. The highest BCUT2D eigenvalue weighted by atomic mass is 16.5. The Morgan fingerprint density at radius 3 is 3.00 bits per heavy atom. The molecule has 1 unspecified atom stereocenters. The second-order valence-electron chi connectivity index (χ2n) is 4.65. The zero-order valence-electron chi connectivity index (χ0n) is 10.8. The van der Waals surface area contributed by atoms with E-state index in [0.29, 0.717) is 17.2 Å². The molecule has 1 atom stereocenters. The number of carbonyl (C=O) groups excluding carboxylic acids is 1. The Morgan fingerprint density at radius 2 is 2.28 bits per heavy atom. The minimum absolute atomic E-state index is 0.0344. The Bertz CT molecular complexity index is 420. The van der Waals surface area contributed by atoms with Gasteiger partial charge in [-0.2, -0.15) is 0 Å². The van der Waals surface area contributed by atoms with Gasteiger partial charge in [0.15, 0.2) is 0 Å². The first kappa shape index (κ1) is 12.9. The van der Waals surface area contributed by atoms with Crippen LogP contribution in [0.4, 0.5) is 5.69 Å². The molecule has 18 heavy (non-hydrogen) atoms. The molecule has 1 saturated heterocycles. The van der Waals surface area contributed by atoms with Crippen molar-refractivity contribution in [3.8, 4) is 0 Å². The van der Waals surface area contributed by atoms with Crippen LogP contribution in [0.15, 0.2) is 24.3 Å². The average Bonchev–Trinajstić information content (AvgIpc) is 2.85. The van der Waals surface area contributed by atoms with Crippen LogP contribution >= 0.6 is 0 Å². The van der Waals surface area contributed by atoms with E-state index in [1.807, 2.05) is 24.0 Å². The number of likely N-dealkylation sites (tertiary alicyclic amines) is 1. The number of anilines is 1. The topological polar surface area (TPSA) is 55.6 Å². The summed E-state index contributed by atoms with van der Waals surface area (Å²) in [5.74, 6) is 0.492. The van der Waals surface area contributed by atoms with Gasteiger partial charge in [0.1, 0.15) is 0 Å². The first-order valence-corrected chi connectivity index (χ1v) is 6.44. The predicted octanol–water partition coefficient (Wildman–Crippen LogP) is 1.77. The van der Waals surface area contributed by atoms with E-state index < -0.39 is 0 Å². The predicted molar refractivity (Wildman–Crippen MR) is 71.4 cm³/mol. The molecule has 1 aliphatic rings. The van der Waals surface area contributed by atoms with Gasteiger partial charge in [0, 0.05) is 31.3 Å². The molecule has 1 aromatic rings. The lowest BCUT2D eigenvalue weighted by atomic mass is 10.1. The lowest BCUT2D eigenvalue weighted by molar-refractivity contribution is 0.0764. The summed E-state index contributed by atoms with van der Waals surface area (Å²) in [6.45, 7) is 5.03. The Kier molecular flexibility index (Phi) is 4.20. The van der Waals surface area contributed by atoms with Crippen molar-refractivity contribution < 1.29 is 9.53 Å². The van der Waals surface area contributed by atoms with Crippen LogP contribution in [0.5, 0.6) is 0 Å². The van der Waals surface area contributed by atoms with Crippen molar-refractivity contribution in [1.82, 2.24) is 4.90 Å². The first-order valence-electron chi connectivity index (χ1n) is 6.44. The number of amides is 1. The molecule has 0 spiro atoms. The van der Waals surface area contributed by atoms with Gasteiger partial charge >= 0.3 is 0 Å². The molecule has 1 fully saturated rings. The molecule has 1 amide bonds. The number of nitrogen functional groups attached to an aromatic ring is 1. The standard InChI is InChI=1S/C14H20N2O2/c1-2-18-10-11-7-8-16(9-11)14(17)12-5-3-4-6-13(12)15/h3-6,11H,2,7-10,15H2,1H3. The number of nitrogens with zero attached hydrogens (tertiary/aromatic N) is 1. The third kappa shape index (κ3) is 2.82. The number of benzene rings is 1. The van der Waals surface area contributed by atoms with E-state index in [1.54, 1.807) is 12.1 Å². The number of para-hydroxylation sites is 1. The second-order valence-corrected chi connectivity index (χ2v) is 4.65. The molecule has 98 valence electrons. The van der Waals surface area contributed by atoms with Crippen LogP contribution in [0.2, 0.25) is 0 Å². The second kappa shape index (κ2) is 5.87. The summed E-state index contributed by atoms with van der Waals surface area (Å²) in [5.41, 5.74) is 6.99. The highest BCUT2D eigenvalue weighted by Gasteiger charge is 2.27. The Morgan fingerprint density at radius 1 is 1.50 bits per heavy atom. The highest BCUT2D eigenvalue weighted by molar-refractivity contribution is 5.99. The fourth-order valence-corrected chi connectivity index (χ4v) is 2.30. The van der Waals surface area contributed by atoms with E-state index in [0.717, 1.165) is 32.7 Å². The average molecular weight is 248 g/mol. The van der Waals surface area contributed by atoms with Crippen LogP contribution in [0, 0.1) is 5.92 Å². The van der Waals surface area contributed by atoms with Gasteiger partial charge in [0.05, 0.1) is 12.2 Å². The van der Waals surface area contributed by atoms with Crippen molar-refractivity contribution in [2.24, 2.45) is 5.92 Å². The van der Waals surface area contributed by atoms with Gasteiger partial charge in [-0.1, -0.05) is 12.1 Å². The highest BCUT2D eigenvalue weighted by Crippen LogP contribution is 2.21. The van der Waals surface area contributed by atoms with Crippen LogP contribution < -0.4 is 5.73 Å². The molecule has 1 aliphatic heterocycles. The van der Waals surface area contributed by atoms with Gasteiger partial charge in [-0.15, -0.1) is 0 Å². The number of hydrogen-bond acceptors (Lipinski definition) is 3. The van der Waals surface area contributed by atoms with Crippen LogP contribution in [0.3, 0.4) is 0 Å². The maximum Gasteiger partial charge on any atom is 0.255 e. The largest absolute Gasteiger partial charge is 0.398 e. The minimum atomic E-state index is 0.0344. The van der Waals surface area contributed by atoms with Gasteiger partial charge < -0.3 is 15.4 Å². The van der Waals surface area contributed by atoms with Gasteiger partial charge in [-0.3, -0.25) is 4.79 Å². The maximum atomic E-state index is 12.3. The first-order chi connectivity index (χ1) is 8.72. The number of hydrogen-bond donors (Lipinski definition) is 1. The van der Waals surface area contributed by atoms with Crippen molar-refractivity contribution in [2.75, 3.05) is 32.0 Å². The van der Waals surface area contributed by atoms with Crippen LogP contribution in [-0.2, 0) is 4.74 Å². The molecule has 1 heterocycles. The quantitative estimate of drug-likeness (QED) is 0.826. The van der Waals surface area contributed by atoms with E-state index in [2.05, 4.69) is 0 Å². The van der Waals surface area contributed by atoms with E-state index in [1.165, 1.54) is 0 Å². The van der Waals surface area contributed by atoms with Crippen molar-refractivity contribution in [1.29, 1.82) is 0 Å². The molecule has 1 aromatic carbocycles. The van der Waals surface area contributed by atoms with Gasteiger partial charge in [-0.25, -0.2) is 0 Å². The third-order valence-corrected chi connectivity index (χ3v) is 3.32. The number of rotatable bonds is 4. The Hall–Kier alpha value is -1.55. The van der Waals surface area contributed by atoms with Crippen molar-refractivity contribution in [3.63, 3.8) is 0 Å². The maximum absolute atomic E-state index is 12.3. The van der Waals surface area contributed by atoms with Crippen molar-refractivity contribution in [2.45, 2.75) is 13.3 Å². The summed E-state index contributed by atoms with van der Waals surface area (Å²) in [7, 11) is 0. The number of carbonyl (C=O) groups is 1. The van der Waals surface area contributed by atoms with E-state index in [-0.39, 0.29) is 5.91 Å². The van der Waals surface area contributed by atoms with Crippen LogP contribution in [-0.4, -0.2) is 37.1 Å². The molecule has 0 bridgehead atoms. The fraction of sp³-hybridized carbons (Fsp3) is 0.500.